The molecule has 24 heavy (non-hydrogen) atoms. The highest BCUT2D eigenvalue weighted by atomic mass is 32.1. The Morgan fingerprint density at radius 3 is 2.88 bits per heavy atom. The molecular formula is C18H15N3O2S. The molecule has 0 unspecified atom stereocenters. The Labute approximate surface area is 143 Å². The van der Waals surface area contributed by atoms with E-state index in [1.165, 1.54) is 0 Å². The van der Waals surface area contributed by atoms with Crippen molar-refractivity contribution in [3.8, 4) is 10.4 Å². The number of carboxylic acids is 1. The lowest BCUT2D eigenvalue weighted by Crippen LogP contribution is -1.98. The van der Waals surface area contributed by atoms with Crippen molar-refractivity contribution < 1.29 is 9.90 Å². The van der Waals surface area contributed by atoms with Crippen molar-refractivity contribution in [3.05, 3.63) is 72.2 Å². The third-order valence-electron chi connectivity index (χ3n) is 3.28. The lowest BCUT2D eigenvalue weighted by molar-refractivity contribution is -0.131. The predicted molar refractivity (Wildman–Crippen MR) is 95.8 cm³/mol. The number of carbonyl (C=O) groups is 1. The minimum Gasteiger partial charge on any atom is -0.478 e. The van der Waals surface area contributed by atoms with Crippen LogP contribution >= 0.6 is 11.3 Å². The van der Waals surface area contributed by atoms with Crippen LogP contribution < -0.4 is 5.32 Å². The molecule has 3 rings (SSSR count). The average molecular weight is 337 g/mol. The number of pyridine rings is 1. The van der Waals surface area contributed by atoms with Gasteiger partial charge in [0.25, 0.3) is 0 Å². The molecule has 2 N–H and O–H groups in total. The lowest BCUT2D eigenvalue weighted by atomic mass is 10.1. The Balaban J connectivity index is 1.65. The number of thiazole rings is 1. The van der Waals surface area contributed by atoms with Crippen molar-refractivity contribution in [2.24, 2.45) is 0 Å². The summed E-state index contributed by atoms with van der Waals surface area (Å²) in [5.41, 5.74) is 3.01. The minimum atomic E-state index is -0.954. The molecule has 5 nitrogen and oxygen atoms in total. The molecule has 0 saturated heterocycles. The molecule has 2 aromatic heterocycles. The number of aromatic nitrogens is 2. The summed E-state index contributed by atoms with van der Waals surface area (Å²) >= 11 is 1.58. The number of aliphatic carboxylic acids is 1. The van der Waals surface area contributed by atoms with Gasteiger partial charge in [-0.2, -0.15) is 0 Å². The summed E-state index contributed by atoms with van der Waals surface area (Å²) < 4.78 is 0. The number of nitrogens with zero attached hydrogens (tertiary/aromatic N) is 2. The zero-order chi connectivity index (χ0) is 16.8. The first-order chi connectivity index (χ1) is 11.7. The standard InChI is InChI=1S/C18H15N3O2S/c22-17(23)5-4-13-2-1-3-14(10-13)11-20-18-21-12-16(24-18)15-6-8-19-9-7-15/h1-10,12H,11H2,(H,20,21)(H,22,23)/b5-4+. The molecule has 0 aliphatic rings. The second-order valence-electron chi connectivity index (χ2n) is 5.04. The minimum absolute atomic E-state index is 0.623. The Morgan fingerprint density at radius 1 is 1.25 bits per heavy atom. The van der Waals surface area contributed by atoms with E-state index in [2.05, 4.69) is 15.3 Å². The quantitative estimate of drug-likeness (QED) is 0.667. The van der Waals surface area contributed by atoms with Crippen LogP contribution in [0.4, 0.5) is 5.13 Å². The molecule has 0 radical (unpaired) electrons. The zero-order valence-corrected chi connectivity index (χ0v) is 13.5. The van der Waals surface area contributed by atoms with Crippen molar-refractivity contribution in [2.75, 3.05) is 5.32 Å². The van der Waals surface area contributed by atoms with Crippen molar-refractivity contribution in [3.63, 3.8) is 0 Å². The molecule has 3 aromatic rings. The molecule has 2 heterocycles. The monoisotopic (exact) mass is 337 g/mol. The van der Waals surface area contributed by atoms with Crippen LogP contribution in [0.5, 0.6) is 0 Å². The fourth-order valence-electron chi connectivity index (χ4n) is 2.16. The summed E-state index contributed by atoms with van der Waals surface area (Å²) in [4.78, 5) is 20.1. The van der Waals surface area contributed by atoms with E-state index in [1.807, 2.05) is 42.6 Å². The summed E-state index contributed by atoms with van der Waals surface area (Å²) in [5, 5.41) is 12.8. The van der Waals surface area contributed by atoms with Crippen LogP contribution in [0.1, 0.15) is 11.1 Å². The van der Waals surface area contributed by atoms with Crippen molar-refractivity contribution in [1.82, 2.24) is 9.97 Å². The van der Waals surface area contributed by atoms with Gasteiger partial charge >= 0.3 is 5.97 Å². The number of rotatable bonds is 6. The molecule has 6 heteroatoms. The summed E-state index contributed by atoms with van der Waals surface area (Å²) in [7, 11) is 0. The van der Waals surface area contributed by atoms with Crippen molar-refractivity contribution >= 4 is 28.5 Å². The molecule has 0 atom stereocenters. The molecular weight excluding hydrogens is 322 g/mol. The van der Waals surface area contributed by atoms with Crippen molar-refractivity contribution in [1.29, 1.82) is 0 Å². The van der Waals surface area contributed by atoms with Gasteiger partial charge in [-0.3, -0.25) is 4.98 Å². The first kappa shape index (κ1) is 15.9. The maximum Gasteiger partial charge on any atom is 0.328 e. The Hall–Kier alpha value is -2.99. The topological polar surface area (TPSA) is 75.1 Å². The number of carboxylic acid groups (broad SMARTS) is 1. The fourth-order valence-corrected chi connectivity index (χ4v) is 2.97. The van der Waals surface area contributed by atoms with E-state index < -0.39 is 5.97 Å². The molecule has 0 spiro atoms. The number of nitrogens with one attached hydrogen (secondary N) is 1. The normalized spacial score (nSPS) is 10.8. The van der Waals surface area contributed by atoms with E-state index in [9.17, 15) is 4.79 Å². The largest absolute Gasteiger partial charge is 0.478 e. The predicted octanol–water partition coefficient (Wildman–Crippen LogP) is 3.92. The molecule has 1 aromatic carbocycles. The van der Waals surface area contributed by atoms with Crippen LogP contribution in [0.2, 0.25) is 0 Å². The average Bonchev–Trinajstić information content (AvgIpc) is 3.08. The summed E-state index contributed by atoms with van der Waals surface area (Å²) in [6.07, 6.45) is 8.08. The highest BCUT2D eigenvalue weighted by Crippen LogP contribution is 2.28. The molecule has 0 bridgehead atoms. The SMILES string of the molecule is O=C(O)/C=C/c1cccc(CNc2ncc(-c3ccncc3)s2)c1. The number of hydrogen-bond donors (Lipinski definition) is 2. The smallest absolute Gasteiger partial charge is 0.328 e. The first-order valence-corrected chi connectivity index (χ1v) is 8.12. The maximum absolute atomic E-state index is 10.6. The lowest BCUT2D eigenvalue weighted by Gasteiger charge is -2.04. The van der Waals surface area contributed by atoms with E-state index in [1.54, 1.807) is 29.8 Å². The molecule has 0 saturated carbocycles. The van der Waals surface area contributed by atoms with Gasteiger partial charge in [0.2, 0.25) is 0 Å². The van der Waals surface area contributed by atoms with Crippen molar-refractivity contribution in [2.45, 2.75) is 6.54 Å². The van der Waals surface area contributed by atoms with E-state index in [0.29, 0.717) is 6.54 Å². The van der Waals surface area contributed by atoms with Gasteiger partial charge in [-0.05, 0) is 41.0 Å². The van der Waals surface area contributed by atoms with Gasteiger partial charge in [-0.15, -0.1) is 0 Å². The maximum atomic E-state index is 10.6. The van der Waals surface area contributed by atoms with Crippen LogP contribution in [0.25, 0.3) is 16.5 Å². The molecule has 0 fully saturated rings. The molecule has 0 aliphatic heterocycles. The van der Waals surface area contributed by atoms with Gasteiger partial charge in [-0.25, -0.2) is 9.78 Å². The van der Waals surface area contributed by atoms with Gasteiger partial charge in [0, 0.05) is 31.2 Å². The van der Waals surface area contributed by atoms with Crippen LogP contribution in [-0.4, -0.2) is 21.0 Å². The Kier molecular flexibility index (Phi) is 4.98. The molecule has 120 valence electrons. The summed E-state index contributed by atoms with van der Waals surface area (Å²) in [6, 6.07) is 11.6. The van der Waals surface area contributed by atoms with Gasteiger partial charge in [0.05, 0.1) is 4.88 Å². The second-order valence-corrected chi connectivity index (χ2v) is 6.07. The van der Waals surface area contributed by atoms with E-state index in [-0.39, 0.29) is 0 Å². The second kappa shape index (κ2) is 7.52. The van der Waals surface area contributed by atoms with Crippen LogP contribution in [0.3, 0.4) is 0 Å². The fraction of sp³-hybridized carbons (Fsp3) is 0.0556. The van der Waals surface area contributed by atoms with E-state index in [4.69, 9.17) is 5.11 Å². The third-order valence-corrected chi connectivity index (χ3v) is 4.29. The van der Waals surface area contributed by atoms with Crippen LogP contribution in [0.15, 0.2) is 61.1 Å². The third kappa shape index (κ3) is 4.27. The number of anilines is 1. The van der Waals surface area contributed by atoms with Gasteiger partial charge in [0.1, 0.15) is 0 Å². The van der Waals surface area contributed by atoms with Gasteiger partial charge in [0.15, 0.2) is 5.13 Å². The Bertz CT molecular complexity index is 859. The van der Waals surface area contributed by atoms with Crippen LogP contribution in [-0.2, 0) is 11.3 Å². The first-order valence-electron chi connectivity index (χ1n) is 7.31. The van der Waals surface area contributed by atoms with Crippen LogP contribution in [0, 0.1) is 0 Å². The van der Waals surface area contributed by atoms with E-state index in [0.717, 1.165) is 32.8 Å². The zero-order valence-electron chi connectivity index (χ0n) is 12.7. The molecule has 0 amide bonds. The summed E-state index contributed by atoms with van der Waals surface area (Å²) in [5.74, 6) is -0.954. The highest BCUT2D eigenvalue weighted by Gasteiger charge is 2.04. The van der Waals surface area contributed by atoms with Gasteiger partial charge in [-0.1, -0.05) is 29.5 Å². The molecule has 0 aliphatic carbocycles. The van der Waals surface area contributed by atoms with E-state index >= 15 is 0 Å². The number of benzene rings is 1. The highest BCUT2D eigenvalue weighted by molar-refractivity contribution is 7.18. The Morgan fingerprint density at radius 2 is 2.08 bits per heavy atom. The number of hydrogen-bond acceptors (Lipinski definition) is 5. The summed E-state index contributed by atoms with van der Waals surface area (Å²) in [6.45, 7) is 0.623. The van der Waals surface area contributed by atoms with Gasteiger partial charge < -0.3 is 10.4 Å².